The van der Waals surface area contributed by atoms with Gasteiger partial charge in [-0.3, -0.25) is 38.8 Å². The van der Waals surface area contributed by atoms with Crippen molar-refractivity contribution in [2.75, 3.05) is 40.4 Å². The number of nitrogens with zero attached hydrogens (tertiary/aromatic N) is 4. The molecule has 1 N–H and O–H groups in total. The van der Waals surface area contributed by atoms with Crippen LogP contribution in [-0.4, -0.2) is 101 Å². The van der Waals surface area contributed by atoms with Crippen molar-refractivity contribution in [3.05, 3.63) is 101 Å². The third-order valence-electron chi connectivity index (χ3n) is 13.9. The summed E-state index contributed by atoms with van der Waals surface area (Å²) in [6.07, 6.45) is 5.58. The maximum Gasteiger partial charge on any atom is 0.234 e. The van der Waals surface area contributed by atoms with E-state index in [1.807, 2.05) is 36.4 Å². The molecule has 6 atom stereocenters. The Morgan fingerprint density at radius 2 is 1.09 bits per heavy atom. The zero-order chi connectivity index (χ0) is 39.4. The number of fused-ring (bicyclic) bond motifs is 4. The molecule has 298 valence electrons. The fraction of sp³-hybridized carbons (Fsp3) is 0.478. The lowest BCUT2D eigenvalue weighted by atomic mass is 9.57. The van der Waals surface area contributed by atoms with Crippen LogP contribution in [0.2, 0.25) is 0 Å². The molecule has 3 aromatic rings. The van der Waals surface area contributed by atoms with Crippen LogP contribution in [0.5, 0.6) is 17.2 Å². The molecular weight excluding hydrogens is 721 g/mol. The monoisotopic (exact) mass is 772 g/mol. The number of ether oxygens (including phenoxy) is 2. The van der Waals surface area contributed by atoms with Gasteiger partial charge >= 0.3 is 0 Å². The van der Waals surface area contributed by atoms with Crippen molar-refractivity contribution < 1.29 is 33.8 Å². The van der Waals surface area contributed by atoms with E-state index in [0.717, 1.165) is 57.7 Å². The Hall–Kier alpha value is -5.00. The van der Waals surface area contributed by atoms with Gasteiger partial charge in [-0.25, -0.2) is 0 Å². The van der Waals surface area contributed by atoms with E-state index >= 15 is 0 Å². The zero-order valence-electron chi connectivity index (χ0n) is 32.8. The van der Waals surface area contributed by atoms with E-state index < -0.39 is 35.5 Å². The molecule has 3 aromatic carbocycles. The molecule has 1 saturated carbocycles. The fourth-order valence-corrected chi connectivity index (χ4v) is 11.3. The van der Waals surface area contributed by atoms with E-state index in [0.29, 0.717) is 42.7 Å². The van der Waals surface area contributed by atoms with Crippen LogP contribution in [0.25, 0.3) is 0 Å². The lowest BCUT2D eigenvalue weighted by Gasteiger charge is -2.44. The number of allylic oxidation sites excluding steroid dienone is 2. The van der Waals surface area contributed by atoms with Gasteiger partial charge in [0.2, 0.25) is 23.6 Å². The van der Waals surface area contributed by atoms with Crippen molar-refractivity contribution >= 4 is 23.6 Å². The van der Waals surface area contributed by atoms with Gasteiger partial charge in [0.1, 0.15) is 17.2 Å². The minimum atomic E-state index is -0.733. The fourth-order valence-electron chi connectivity index (χ4n) is 11.3. The SMILES string of the molecule is COc1cc(O)cc(OC)c1C1C2=CCC3C(=O)N(C4CCN(Cc5ccccc5)CC4)C(=O)C3C2CC2C(=O)N(C3CCN(Cc4ccccc4)CC3)C(=O)C21. The lowest BCUT2D eigenvalue weighted by Crippen LogP contribution is -2.48. The number of aromatic hydroxyl groups is 1. The number of phenols is 1. The number of piperidine rings is 2. The summed E-state index contributed by atoms with van der Waals surface area (Å²) in [6, 6.07) is 23.3. The molecule has 0 bridgehead atoms. The number of hydrogen-bond acceptors (Lipinski definition) is 9. The average Bonchev–Trinajstić information content (AvgIpc) is 3.64. The molecule has 11 heteroatoms. The van der Waals surface area contributed by atoms with Gasteiger partial charge in [-0.2, -0.15) is 0 Å². The number of hydrogen-bond donors (Lipinski definition) is 1. The van der Waals surface area contributed by atoms with Crippen molar-refractivity contribution in [2.45, 2.75) is 69.6 Å². The Bertz CT molecular complexity index is 2030. The first kappa shape index (κ1) is 37.6. The number of rotatable bonds is 9. The van der Waals surface area contributed by atoms with E-state index in [9.17, 15) is 24.3 Å². The van der Waals surface area contributed by atoms with Gasteiger partial charge in [0.25, 0.3) is 0 Å². The summed E-state index contributed by atoms with van der Waals surface area (Å²) >= 11 is 0. The number of phenolic OH excluding ortho intramolecular Hbond substituents is 1. The topological polar surface area (TPSA) is 120 Å². The van der Waals surface area contributed by atoms with E-state index in [2.05, 4.69) is 40.1 Å². The van der Waals surface area contributed by atoms with Gasteiger partial charge in [-0.05, 0) is 55.6 Å². The van der Waals surface area contributed by atoms with Gasteiger partial charge in [-0.1, -0.05) is 72.3 Å². The summed E-state index contributed by atoms with van der Waals surface area (Å²) in [5.74, 6) is -3.58. The van der Waals surface area contributed by atoms with Gasteiger partial charge in [0.05, 0.1) is 37.9 Å². The number of carbonyl (C=O) groups excluding carboxylic acids is 4. The molecule has 9 rings (SSSR count). The summed E-state index contributed by atoms with van der Waals surface area (Å²) in [7, 11) is 3.03. The second-order valence-corrected chi connectivity index (χ2v) is 16.9. The predicted molar refractivity (Wildman–Crippen MR) is 212 cm³/mol. The molecule has 0 spiro atoms. The van der Waals surface area contributed by atoms with E-state index in [4.69, 9.17) is 9.47 Å². The molecule has 6 unspecified atom stereocenters. The molecule has 6 aliphatic rings. The van der Waals surface area contributed by atoms with Crippen molar-refractivity contribution in [2.24, 2.45) is 29.6 Å². The van der Waals surface area contributed by atoms with Gasteiger partial charge < -0.3 is 14.6 Å². The standard InChI is InChI=1S/C46H52N4O7/c1-56-37-23-32(51)24-38(57-2)42(37)40-33-13-14-34-39(45(54)49(43(34)52)30-15-19-47(20-16-30)26-28-9-5-3-6-10-28)35(33)25-36-41(40)46(55)50(44(36)53)31-17-21-48(22-18-31)27-29-11-7-4-8-12-29/h3-13,23-24,30-31,34-36,39-41,51H,14-22,25-27H2,1-2H3. The molecule has 11 nitrogen and oxygen atoms in total. The first-order valence-corrected chi connectivity index (χ1v) is 20.7. The Balaban J connectivity index is 1.00. The predicted octanol–water partition coefficient (Wildman–Crippen LogP) is 5.37. The molecule has 4 aliphatic heterocycles. The number of likely N-dealkylation sites (tertiary alicyclic amines) is 4. The second-order valence-electron chi connectivity index (χ2n) is 16.9. The highest BCUT2D eigenvalue weighted by Crippen LogP contribution is 2.61. The number of imide groups is 2. The zero-order valence-corrected chi connectivity index (χ0v) is 32.8. The molecular formula is C46H52N4O7. The van der Waals surface area contributed by atoms with Crippen molar-refractivity contribution in [3.63, 3.8) is 0 Å². The minimum Gasteiger partial charge on any atom is -0.508 e. The second kappa shape index (κ2) is 15.4. The first-order valence-electron chi connectivity index (χ1n) is 20.7. The third kappa shape index (κ3) is 6.62. The molecule has 2 aliphatic carbocycles. The maximum absolute atomic E-state index is 14.9. The highest BCUT2D eigenvalue weighted by atomic mass is 16.5. The van der Waals surface area contributed by atoms with Crippen LogP contribution in [0.1, 0.15) is 61.1 Å². The van der Waals surface area contributed by atoms with Gasteiger partial charge in [0.15, 0.2) is 0 Å². The number of carbonyl (C=O) groups is 4. The first-order chi connectivity index (χ1) is 27.7. The Kier molecular flexibility index (Phi) is 10.1. The number of methoxy groups -OCH3 is 2. The van der Waals surface area contributed by atoms with Crippen LogP contribution in [0.3, 0.4) is 0 Å². The molecule has 4 amide bonds. The van der Waals surface area contributed by atoms with E-state index in [1.54, 1.807) is 9.80 Å². The quantitative estimate of drug-likeness (QED) is 0.226. The molecule has 57 heavy (non-hydrogen) atoms. The van der Waals surface area contributed by atoms with Crippen LogP contribution >= 0.6 is 0 Å². The van der Waals surface area contributed by atoms with Gasteiger partial charge in [0, 0.05) is 75.0 Å². The maximum atomic E-state index is 14.9. The summed E-state index contributed by atoms with van der Waals surface area (Å²) in [6.45, 7) is 4.78. The Morgan fingerprint density at radius 3 is 1.58 bits per heavy atom. The molecule has 4 saturated heterocycles. The smallest absolute Gasteiger partial charge is 0.234 e. The highest BCUT2D eigenvalue weighted by Gasteiger charge is 2.63. The van der Waals surface area contributed by atoms with Crippen molar-refractivity contribution in [3.8, 4) is 17.2 Å². The van der Waals surface area contributed by atoms with Crippen LogP contribution in [-0.2, 0) is 32.3 Å². The normalized spacial score (nSPS) is 28.6. The number of amides is 4. The summed E-state index contributed by atoms with van der Waals surface area (Å²) in [5, 5.41) is 10.7. The van der Waals surface area contributed by atoms with Crippen LogP contribution in [0, 0.1) is 29.6 Å². The minimum absolute atomic E-state index is 0.0474. The molecule has 0 aromatic heterocycles. The Morgan fingerprint density at radius 1 is 0.614 bits per heavy atom. The third-order valence-corrected chi connectivity index (χ3v) is 13.9. The molecule has 0 radical (unpaired) electrons. The van der Waals surface area contributed by atoms with E-state index in [1.165, 1.54) is 37.5 Å². The summed E-state index contributed by atoms with van der Waals surface area (Å²) in [5.41, 5.74) is 3.95. The summed E-state index contributed by atoms with van der Waals surface area (Å²) in [4.78, 5) is 66.6. The number of benzene rings is 3. The molecule has 5 fully saturated rings. The van der Waals surface area contributed by atoms with Gasteiger partial charge in [-0.15, -0.1) is 0 Å². The van der Waals surface area contributed by atoms with E-state index in [-0.39, 0.29) is 41.5 Å². The summed E-state index contributed by atoms with van der Waals surface area (Å²) < 4.78 is 11.7. The van der Waals surface area contributed by atoms with Crippen molar-refractivity contribution in [1.82, 2.24) is 19.6 Å². The largest absolute Gasteiger partial charge is 0.508 e. The van der Waals surface area contributed by atoms with Crippen molar-refractivity contribution in [1.29, 1.82) is 0 Å². The van der Waals surface area contributed by atoms with Crippen LogP contribution in [0.15, 0.2) is 84.4 Å². The average molecular weight is 773 g/mol. The highest BCUT2D eigenvalue weighted by molar-refractivity contribution is 6.08. The molecule has 4 heterocycles. The van der Waals surface area contributed by atoms with Crippen LogP contribution in [0.4, 0.5) is 0 Å². The van der Waals surface area contributed by atoms with Crippen LogP contribution < -0.4 is 9.47 Å². The lowest BCUT2D eigenvalue weighted by molar-refractivity contribution is -0.146. The Labute approximate surface area is 334 Å².